The Morgan fingerprint density at radius 3 is 2.20 bits per heavy atom. The third-order valence-electron chi connectivity index (χ3n) is 3.20. The van der Waals surface area contributed by atoms with Gasteiger partial charge >= 0.3 is 35.9 Å². The fourth-order valence-corrected chi connectivity index (χ4v) is 2.51. The molecule has 0 heterocycles. The normalized spacial score (nSPS) is 10.4. The van der Waals surface area contributed by atoms with Crippen molar-refractivity contribution in [2.24, 2.45) is 0 Å². The van der Waals surface area contributed by atoms with Gasteiger partial charge in [-0.25, -0.2) is 0 Å². The van der Waals surface area contributed by atoms with Crippen LogP contribution >= 0.6 is 8.60 Å². The molecule has 0 amide bonds. The molecule has 5 heteroatoms. The molecule has 2 N–H and O–H groups in total. The molecule has 0 saturated carbocycles. The Labute approximate surface area is 143 Å². The summed E-state index contributed by atoms with van der Waals surface area (Å²) >= 11 is 0. The summed E-state index contributed by atoms with van der Waals surface area (Å²) in [4.78, 5) is 17.8. The van der Waals surface area contributed by atoms with Crippen LogP contribution in [0.3, 0.4) is 0 Å². The van der Waals surface area contributed by atoms with Crippen molar-refractivity contribution < 1.29 is 14.3 Å². The Morgan fingerprint density at radius 2 is 1.55 bits per heavy atom. The van der Waals surface area contributed by atoms with Gasteiger partial charge in [0.25, 0.3) is 0 Å². The van der Waals surface area contributed by atoms with Crippen molar-refractivity contribution in [2.45, 2.75) is 58.3 Å². The van der Waals surface area contributed by atoms with E-state index in [2.05, 4.69) is 6.92 Å². The van der Waals surface area contributed by atoms with Crippen molar-refractivity contribution in [2.75, 3.05) is 0 Å². The van der Waals surface area contributed by atoms with Crippen molar-refractivity contribution in [3.63, 3.8) is 0 Å². The van der Waals surface area contributed by atoms with Gasteiger partial charge in [-0.15, -0.1) is 0 Å². The van der Waals surface area contributed by atoms with Crippen LogP contribution < -0.4 is 4.52 Å². The second kappa shape index (κ2) is 13.0. The van der Waals surface area contributed by atoms with Gasteiger partial charge in [-0.3, -0.25) is 0 Å². The number of unbranched alkanes of at least 4 members (excludes halogenated alkanes) is 6. The SMILES string of the molecule is CCCCCCCCCc1ccccc1OP(O)O.[PbH2]. The molecule has 0 saturated heterocycles. The maximum atomic E-state index is 8.92. The van der Waals surface area contributed by atoms with Crippen LogP contribution in [0.2, 0.25) is 0 Å². The molecule has 0 bridgehead atoms. The van der Waals surface area contributed by atoms with Gasteiger partial charge in [0.1, 0.15) is 5.75 Å². The summed E-state index contributed by atoms with van der Waals surface area (Å²) in [6.45, 7) is 2.23. The summed E-state index contributed by atoms with van der Waals surface area (Å²) < 4.78 is 5.03. The van der Waals surface area contributed by atoms with E-state index in [1.165, 1.54) is 38.5 Å². The predicted molar refractivity (Wildman–Crippen MR) is 88.7 cm³/mol. The number of hydrogen-bond acceptors (Lipinski definition) is 3. The summed E-state index contributed by atoms with van der Waals surface area (Å²) in [7, 11) is -2.32. The zero-order valence-corrected chi connectivity index (χ0v) is 18.8. The van der Waals surface area contributed by atoms with E-state index in [1.54, 1.807) is 6.07 Å². The van der Waals surface area contributed by atoms with Crippen molar-refractivity contribution in [3.8, 4) is 5.75 Å². The number of benzene rings is 1. The van der Waals surface area contributed by atoms with Crippen LogP contribution in [0.1, 0.15) is 57.4 Å². The molecule has 1 aromatic rings. The van der Waals surface area contributed by atoms with Crippen molar-refractivity contribution in [1.82, 2.24) is 0 Å². The standard InChI is InChI=1S/C15H25O3P.Pb.2H/c1-2-3-4-5-6-7-8-11-14-12-9-10-13-15(14)18-19(16)17;;;/h9-10,12-13,16-17H,2-8,11H2,1H3;;;. The zero-order valence-electron chi connectivity index (χ0n) is 12.4. The number of aryl methyl sites for hydroxylation is 1. The zero-order chi connectivity index (χ0) is 13.9. The van der Waals surface area contributed by atoms with Crippen LogP contribution in [0, 0.1) is 0 Å². The minimum atomic E-state index is -2.32. The fourth-order valence-electron chi connectivity index (χ4n) is 2.16. The average molecular weight is 494 g/mol. The molecule has 0 unspecified atom stereocenters. The Bertz CT molecular complexity index is 348. The van der Waals surface area contributed by atoms with E-state index in [0.717, 1.165) is 18.4 Å². The van der Waals surface area contributed by atoms with E-state index in [0.29, 0.717) is 5.75 Å². The summed E-state index contributed by atoms with van der Waals surface area (Å²) in [5, 5.41) is 0. The van der Waals surface area contributed by atoms with Crippen molar-refractivity contribution >= 4 is 35.9 Å². The molecule has 3 nitrogen and oxygen atoms in total. The van der Waals surface area contributed by atoms with Gasteiger partial charge in [0.2, 0.25) is 0 Å². The summed E-state index contributed by atoms with van der Waals surface area (Å²) in [5.41, 5.74) is 1.06. The van der Waals surface area contributed by atoms with Gasteiger partial charge in [0, 0.05) is 0 Å². The molecule has 2 radical (unpaired) electrons. The van der Waals surface area contributed by atoms with Gasteiger partial charge in [-0.1, -0.05) is 63.6 Å². The molecule has 1 rings (SSSR count). The van der Waals surface area contributed by atoms with Crippen LogP contribution in [-0.4, -0.2) is 37.1 Å². The molecule has 20 heavy (non-hydrogen) atoms. The second-order valence-electron chi connectivity index (χ2n) is 4.82. The van der Waals surface area contributed by atoms with E-state index >= 15 is 0 Å². The first kappa shape index (κ1) is 20.3. The molecular formula is C15H27O3PPb. The minimum absolute atomic E-state index is 0. The molecule has 114 valence electrons. The summed E-state index contributed by atoms with van der Waals surface area (Å²) in [6.07, 6.45) is 9.87. The van der Waals surface area contributed by atoms with Gasteiger partial charge in [-0.05, 0) is 24.5 Å². The molecule has 0 aromatic heterocycles. The monoisotopic (exact) mass is 494 g/mol. The number of para-hydroxylation sites is 1. The Balaban J connectivity index is 0.00000361. The molecule has 1 aromatic carbocycles. The van der Waals surface area contributed by atoms with Crippen molar-refractivity contribution in [1.29, 1.82) is 0 Å². The summed E-state index contributed by atoms with van der Waals surface area (Å²) in [5.74, 6) is 0.601. The molecule has 0 spiro atoms. The molecular weight excluding hydrogens is 466 g/mol. The fraction of sp³-hybridized carbons (Fsp3) is 0.600. The first-order valence-corrected chi connectivity index (χ1v) is 8.34. The third kappa shape index (κ3) is 9.27. The predicted octanol–water partition coefficient (Wildman–Crippen LogP) is 3.65. The summed E-state index contributed by atoms with van der Waals surface area (Å²) in [6, 6.07) is 7.59. The van der Waals surface area contributed by atoms with Gasteiger partial charge in [0.15, 0.2) is 0 Å². The van der Waals surface area contributed by atoms with Gasteiger partial charge in [0.05, 0.1) is 0 Å². The van der Waals surface area contributed by atoms with E-state index < -0.39 is 8.60 Å². The molecule has 0 fully saturated rings. The molecule has 0 aliphatic carbocycles. The first-order chi connectivity index (χ1) is 9.24. The maximum absolute atomic E-state index is 8.92. The van der Waals surface area contributed by atoms with Crippen LogP contribution in [0.4, 0.5) is 0 Å². The van der Waals surface area contributed by atoms with Gasteiger partial charge in [-0.2, -0.15) is 0 Å². The first-order valence-electron chi connectivity index (χ1n) is 7.17. The third-order valence-corrected chi connectivity index (χ3v) is 3.56. The second-order valence-corrected chi connectivity index (χ2v) is 5.51. The molecule has 0 aliphatic heterocycles. The topological polar surface area (TPSA) is 49.7 Å². The number of rotatable bonds is 10. The Morgan fingerprint density at radius 1 is 0.950 bits per heavy atom. The Hall–Kier alpha value is 0.292. The average Bonchev–Trinajstić information content (AvgIpc) is 2.39. The van der Waals surface area contributed by atoms with E-state index in [1.807, 2.05) is 18.2 Å². The number of hydrogen-bond donors (Lipinski definition) is 2. The Kier molecular flexibility index (Phi) is 13.2. The van der Waals surface area contributed by atoms with E-state index in [-0.39, 0.29) is 27.3 Å². The van der Waals surface area contributed by atoms with Crippen LogP contribution in [0.15, 0.2) is 24.3 Å². The van der Waals surface area contributed by atoms with Crippen LogP contribution in [0.25, 0.3) is 0 Å². The van der Waals surface area contributed by atoms with E-state index in [4.69, 9.17) is 14.3 Å². The molecule has 0 aliphatic rings. The molecule has 0 atom stereocenters. The van der Waals surface area contributed by atoms with Crippen molar-refractivity contribution in [3.05, 3.63) is 29.8 Å². The van der Waals surface area contributed by atoms with Crippen LogP contribution in [0.5, 0.6) is 5.75 Å². The van der Waals surface area contributed by atoms with Gasteiger partial charge < -0.3 is 14.3 Å². The van der Waals surface area contributed by atoms with E-state index in [9.17, 15) is 0 Å². The van der Waals surface area contributed by atoms with Crippen LogP contribution in [-0.2, 0) is 6.42 Å². The quantitative estimate of drug-likeness (QED) is 0.297.